The van der Waals surface area contributed by atoms with Crippen molar-refractivity contribution in [2.45, 2.75) is 39.2 Å². The number of carbonyl (C=O) groups excluding carboxylic acids is 2. The van der Waals surface area contributed by atoms with E-state index >= 15 is 0 Å². The van der Waals surface area contributed by atoms with Gasteiger partial charge < -0.3 is 14.5 Å². The number of ether oxygens (including phenoxy) is 1. The highest BCUT2D eigenvalue weighted by molar-refractivity contribution is 5.97. The second-order valence-corrected chi connectivity index (χ2v) is 6.83. The van der Waals surface area contributed by atoms with Gasteiger partial charge in [-0.2, -0.15) is 0 Å². The summed E-state index contributed by atoms with van der Waals surface area (Å²) in [6.45, 7) is 3.83. The van der Waals surface area contributed by atoms with Crippen LogP contribution in [-0.4, -0.2) is 11.9 Å². The molecular formula is C23H23NO5. The number of amides is 1. The van der Waals surface area contributed by atoms with Crippen LogP contribution >= 0.6 is 0 Å². The maximum absolute atomic E-state index is 12.6. The fraction of sp³-hybridized carbons (Fsp3) is 0.261. The van der Waals surface area contributed by atoms with Gasteiger partial charge in [0.25, 0.3) is 5.91 Å². The van der Waals surface area contributed by atoms with Gasteiger partial charge in [-0.3, -0.25) is 9.59 Å². The molecule has 1 heterocycles. The van der Waals surface area contributed by atoms with Crippen LogP contribution in [0.4, 0.5) is 0 Å². The normalized spacial score (nSPS) is 11.8. The third-order valence-electron chi connectivity index (χ3n) is 4.57. The zero-order valence-corrected chi connectivity index (χ0v) is 16.4. The second-order valence-electron chi connectivity index (χ2n) is 6.83. The molecule has 150 valence electrons. The minimum absolute atomic E-state index is 0.0760. The number of rotatable bonds is 7. The fourth-order valence-corrected chi connectivity index (χ4v) is 2.92. The first-order valence-electron chi connectivity index (χ1n) is 9.62. The number of carbonyl (C=O) groups is 2. The predicted molar refractivity (Wildman–Crippen MR) is 110 cm³/mol. The lowest BCUT2D eigenvalue weighted by Crippen LogP contribution is -2.30. The Morgan fingerprint density at radius 3 is 2.59 bits per heavy atom. The molecule has 0 aliphatic heterocycles. The number of benzene rings is 2. The molecule has 1 amide bonds. The average Bonchev–Trinajstić information content (AvgIpc) is 2.72. The molecule has 0 aliphatic rings. The highest BCUT2D eigenvalue weighted by Crippen LogP contribution is 2.21. The second kappa shape index (κ2) is 9.19. The van der Waals surface area contributed by atoms with E-state index in [0.717, 1.165) is 18.4 Å². The fourth-order valence-electron chi connectivity index (χ4n) is 2.92. The van der Waals surface area contributed by atoms with E-state index < -0.39 is 11.5 Å². The van der Waals surface area contributed by atoms with Crippen molar-refractivity contribution in [3.05, 3.63) is 76.1 Å². The van der Waals surface area contributed by atoms with Crippen LogP contribution in [0.3, 0.4) is 0 Å². The van der Waals surface area contributed by atoms with E-state index in [2.05, 4.69) is 5.32 Å². The molecule has 1 N–H and O–H groups in total. The Morgan fingerprint density at radius 2 is 1.86 bits per heavy atom. The first-order chi connectivity index (χ1) is 14.0. The number of nitrogens with one attached hydrogen (secondary N) is 1. The molecule has 1 unspecified atom stereocenters. The third-order valence-corrected chi connectivity index (χ3v) is 4.57. The summed E-state index contributed by atoms with van der Waals surface area (Å²) in [6.07, 6.45) is 1.98. The molecule has 0 bridgehead atoms. The Hall–Kier alpha value is -3.41. The zero-order chi connectivity index (χ0) is 20.8. The Balaban J connectivity index is 1.78. The maximum atomic E-state index is 12.6. The Labute approximate surface area is 168 Å². The molecule has 3 rings (SSSR count). The van der Waals surface area contributed by atoms with E-state index in [-0.39, 0.29) is 23.2 Å². The predicted octanol–water partition coefficient (Wildman–Crippen LogP) is 4.38. The first kappa shape index (κ1) is 20.3. The molecule has 0 saturated heterocycles. The zero-order valence-electron chi connectivity index (χ0n) is 16.4. The quantitative estimate of drug-likeness (QED) is 0.366. The van der Waals surface area contributed by atoms with Gasteiger partial charge in [0, 0.05) is 17.9 Å². The maximum Gasteiger partial charge on any atom is 0.349 e. The molecule has 0 aliphatic carbocycles. The van der Waals surface area contributed by atoms with Crippen molar-refractivity contribution in [3.8, 4) is 5.75 Å². The summed E-state index contributed by atoms with van der Waals surface area (Å²) in [5.74, 6) is -0.539. The molecule has 29 heavy (non-hydrogen) atoms. The molecule has 0 spiro atoms. The molecule has 3 aromatic rings. The van der Waals surface area contributed by atoms with Crippen molar-refractivity contribution in [2.24, 2.45) is 0 Å². The van der Waals surface area contributed by atoms with Crippen LogP contribution in [0, 0.1) is 0 Å². The summed E-state index contributed by atoms with van der Waals surface area (Å²) in [5.41, 5.74) is 0.363. The summed E-state index contributed by atoms with van der Waals surface area (Å²) in [5, 5.41) is 3.37. The summed E-state index contributed by atoms with van der Waals surface area (Å²) < 4.78 is 10.6. The van der Waals surface area contributed by atoms with Crippen LogP contribution in [0.5, 0.6) is 5.75 Å². The number of unbranched alkanes of at least 4 members (excludes halogenated alkanes) is 1. The molecule has 0 radical (unpaired) electrons. The Bertz CT molecular complexity index is 1070. The van der Waals surface area contributed by atoms with E-state index in [0.29, 0.717) is 17.6 Å². The van der Waals surface area contributed by atoms with Gasteiger partial charge in [0.15, 0.2) is 0 Å². The van der Waals surface area contributed by atoms with Crippen LogP contribution in [0.2, 0.25) is 0 Å². The van der Waals surface area contributed by atoms with Gasteiger partial charge in [0.1, 0.15) is 16.9 Å². The number of esters is 1. The topological polar surface area (TPSA) is 85.6 Å². The molecule has 0 fully saturated rings. The average molecular weight is 393 g/mol. The molecule has 0 saturated carbocycles. The van der Waals surface area contributed by atoms with Crippen LogP contribution in [0.1, 0.15) is 55.1 Å². The monoisotopic (exact) mass is 393 g/mol. The van der Waals surface area contributed by atoms with Crippen LogP contribution in [-0.2, 0) is 4.79 Å². The van der Waals surface area contributed by atoms with Crippen LogP contribution in [0.25, 0.3) is 11.0 Å². The van der Waals surface area contributed by atoms with Crippen LogP contribution < -0.4 is 15.7 Å². The van der Waals surface area contributed by atoms with Gasteiger partial charge >= 0.3 is 11.6 Å². The molecule has 2 aromatic carbocycles. The van der Waals surface area contributed by atoms with Crippen molar-refractivity contribution in [1.82, 2.24) is 5.32 Å². The minimum atomic E-state index is -0.746. The Morgan fingerprint density at radius 1 is 1.10 bits per heavy atom. The lowest BCUT2D eigenvalue weighted by Gasteiger charge is -2.14. The molecule has 6 nitrogen and oxygen atoms in total. The van der Waals surface area contributed by atoms with E-state index in [4.69, 9.17) is 9.15 Å². The summed E-state index contributed by atoms with van der Waals surface area (Å²) in [6, 6.07) is 15.4. The van der Waals surface area contributed by atoms with E-state index in [9.17, 15) is 14.4 Å². The van der Waals surface area contributed by atoms with Crippen molar-refractivity contribution < 1.29 is 18.7 Å². The smallest absolute Gasteiger partial charge is 0.349 e. The SMILES string of the molecule is CCCCC(=O)Oc1ccc2cc(C(=O)NC(C)c3ccccc3)c(=O)oc2c1. The molecule has 6 heteroatoms. The highest BCUT2D eigenvalue weighted by atomic mass is 16.5. The Kier molecular flexibility index (Phi) is 6.44. The largest absolute Gasteiger partial charge is 0.426 e. The standard InChI is InChI=1S/C23H23NO5/c1-3-4-10-21(25)28-18-12-11-17-13-19(23(27)29-20(17)14-18)22(26)24-15(2)16-8-6-5-7-9-16/h5-9,11-15H,3-4,10H2,1-2H3,(H,24,26). The minimum Gasteiger partial charge on any atom is -0.426 e. The van der Waals surface area contributed by atoms with Gasteiger partial charge in [-0.1, -0.05) is 43.7 Å². The van der Waals surface area contributed by atoms with Gasteiger partial charge in [-0.15, -0.1) is 0 Å². The third kappa shape index (κ3) is 5.10. The lowest BCUT2D eigenvalue weighted by molar-refractivity contribution is -0.134. The lowest BCUT2D eigenvalue weighted by atomic mass is 10.1. The van der Waals surface area contributed by atoms with E-state index in [1.807, 2.05) is 44.2 Å². The van der Waals surface area contributed by atoms with E-state index in [1.165, 1.54) is 12.1 Å². The van der Waals surface area contributed by atoms with Gasteiger partial charge in [-0.25, -0.2) is 4.79 Å². The van der Waals surface area contributed by atoms with Gasteiger partial charge in [0.2, 0.25) is 0 Å². The van der Waals surface area contributed by atoms with Crippen molar-refractivity contribution >= 4 is 22.8 Å². The number of hydrogen-bond donors (Lipinski definition) is 1. The molecule has 1 atom stereocenters. The van der Waals surface area contributed by atoms with Crippen molar-refractivity contribution in [1.29, 1.82) is 0 Å². The van der Waals surface area contributed by atoms with E-state index in [1.54, 1.807) is 12.1 Å². The van der Waals surface area contributed by atoms with Crippen molar-refractivity contribution in [2.75, 3.05) is 0 Å². The number of fused-ring (bicyclic) bond motifs is 1. The summed E-state index contributed by atoms with van der Waals surface area (Å²) >= 11 is 0. The molecular weight excluding hydrogens is 370 g/mol. The highest BCUT2D eigenvalue weighted by Gasteiger charge is 2.17. The van der Waals surface area contributed by atoms with Gasteiger partial charge in [-0.05, 0) is 37.1 Å². The molecule has 1 aromatic heterocycles. The van der Waals surface area contributed by atoms with Gasteiger partial charge in [0.05, 0.1) is 6.04 Å². The van der Waals surface area contributed by atoms with Crippen molar-refractivity contribution in [3.63, 3.8) is 0 Å². The number of hydrogen-bond acceptors (Lipinski definition) is 5. The summed E-state index contributed by atoms with van der Waals surface area (Å²) in [7, 11) is 0. The first-order valence-corrected chi connectivity index (χ1v) is 9.62. The summed E-state index contributed by atoms with van der Waals surface area (Å²) in [4.78, 5) is 36.7. The van der Waals surface area contributed by atoms with Crippen LogP contribution in [0.15, 0.2) is 63.8 Å².